The first-order chi connectivity index (χ1) is 11.2. The second kappa shape index (κ2) is 7.17. The predicted molar refractivity (Wildman–Crippen MR) is 91.7 cm³/mol. The molecule has 2 unspecified atom stereocenters. The maximum atomic E-state index is 5.16. The summed E-state index contributed by atoms with van der Waals surface area (Å²) in [6, 6.07) is 7.07. The predicted octanol–water partition coefficient (Wildman–Crippen LogP) is 1.24. The van der Waals surface area contributed by atoms with Gasteiger partial charge in [0.05, 0.1) is 19.3 Å². The molecule has 2 fully saturated rings. The van der Waals surface area contributed by atoms with Gasteiger partial charge in [-0.05, 0) is 24.8 Å². The number of ether oxygens (including phenoxy) is 1. The van der Waals surface area contributed by atoms with Gasteiger partial charge in [0.15, 0.2) is 5.96 Å². The van der Waals surface area contributed by atoms with Crippen molar-refractivity contribution in [1.82, 2.24) is 20.5 Å². The average Bonchev–Trinajstić information content (AvgIpc) is 3.36. The molecule has 2 N–H and O–H groups in total. The second-order valence-electron chi connectivity index (χ2n) is 6.51. The van der Waals surface area contributed by atoms with Crippen LogP contribution in [0.25, 0.3) is 0 Å². The fraction of sp³-hybridized carbons (Fsp3) is 0.647. The smallest absolute Gasteiger partial charge is 0.213 e. The number of aliphatic imine (C=N–C) groups is 1. The molecule has 1 saturated carbocycles. The van der Waals surface area contributed by atoms with E-state index in [0.717, 1.165) is 24.2 Å². The maximum absolute atomic E-state index is 5.16. The zero-order valence-corrected chi connectivity index (χ0v) is 14.2. The fourth-order valence-electron chi connectivity index (χ4n) is 3.14. The number of guanidine groups is 1. The molecule has 6 nitrogen and oxygen atoms in total. The van der Waals surface area contributed by atoms with Crippen molar-refractivity contribution in [3.8, 4) is 5.88 Å². The fourth-order valence-corrected chi connectivity index (χ4v) is 3.14. The van der Waals surface area contributed by atoms with Gasteiger partial charge in [-0.2, -0.15) is 0 Å². The summed E-state index contributed by atoms with van der Waals surface area (Å²) in [5.41, 5.74) is 0.936. The molecule has 23 heavy (non-hydrogen) atoms. The lowest BCUT2D eigenvalue weighted by molar-refractivity contribution is 0.315. The highest BCUT2D eigenvalue weighted by Gasteiger charge is 2.38. The van der Waals surface area contributed by atoms with Crippen molar-refractivity contribution in [3.63, 3.8) is 0 Å². The van der Waals surface area contributed by atoms with Crippen LogP contribution in [0, 0.1) is 5.92 Å². The van der Waals surface area contributed by atoms with Crippen molar-refractivity contribution in [2.75, 3.05) is 27.2 Å². The Hall–Kier alpha value is -1.82. The van der Waals surface area contributed by atoms with E-state index < -0.39 is 0 Å². The Morgan fingerprint density at radius 2 is 2.22 bits per heavy atom. The summed E-state index contributed by atoms with van der Waals surface area (Å²) in [6.07, 6.45) is 2.74. The average molecular weight is 317 g/mol. The van der Waals surface area contributed by atoms with Gasteiger partial charge in [0.25, 0.3) is 0 Å². The van der Waals surface area contributed by atoms with Gasteiger partial charge in [-0.15, -0.1) is 0 Å². The van der Waals surface area contributed by atoms with Gasteiger partial charge in [-0.3, -0.25) is 9.89 Å². The van der Waals surface area contributed by atoms with E-state index >= 15 is 0 Å². The summed E-state index contributed by atoms with van der Waals surface area (Å²) in [4.78, 5) is 11.4. The second-order valence-corrected chi connectivity index (χ2v) is 6.51. The lowest BCUT2D eigenvalue weighted by Gasteiger charge is -2.20. The summed E-state index contributed by atoms with van der Waals surface area (Å²) >= 11 is 0. The Morgan fingerprint density at radius 3 is 2.91 bits per heavy atom. The van der Waals surface area contributed by atoms with Crippen LogP contribution < -0.4 is 15.4 Å². The van der Waals surface area contributed by atoms with Gasteiger partial charge in [-0.1, -0.05) is 13.0 Å². The molecule has 3 rings (SSSR count). The number of hydrogen-bond acceptors (Lipinski definition) is 4. The number of rotatable bonds is 5. The van der Waals surface area contributed by atoms with Gasteiger partial charge in [-0.25, -0.2) is 4.98 Å². The summed E-state index contributed by atoms with van der Waals surface area (Å²) in [5, 5.41) is 6.91. The van der Waals surface area contributed by atoms with E-state index in [2.05, 4.69) is 32.4 Å². The highest BCUT2D eigenvalue weighted by Crippen LogP contribution is 2.31. The Morgan fingerprint density at radius 1 is 1.39 bits per heavy atom. The number of nitrogens with zero attached hydrogens (tertiary/aromatic N) is 3. The van der Waals surface area contributed by atoms with Crippen LogP contribution in [-0.4, -0.2) is 55.2 Å². The number of hydrogen-bond donors (Lipinski definition) is 2. The first-order valence-corrected chi connectivity index (χ1v) is 8.40. The highest BCUT2D eigenvalue weighted by atomic mass is 16.5. The molecule has 2 aliphatic rings. The van der Waals surface area contributed by atoms with Crippen molar-refractivity contribution in [2.24, 2.45) is 10.9 Å². The SMILES string of the molecule is CN=C(NCc1cccc(OC)n1)NC1CN(C2CC2)CC1C. The Labute approximate surface area is 138 Å². The van der Waals surface area contributed by atoms with E-state index in [-0.39, 0.29) is 0 Å². The number of aromatic nitrogens is 1. The summed E-state index contributed by atoms with van der Waals surface area (Å²) in [5.74, 6) is 2.12. The Balaban J connectivity index is 1.51. The van der Waals surface area contributed by atoms with E-state index in [1.165, 1.54) is 19.4 Å². The van der Waals surface area contributed by atoms with Crippen molar-refractivity contribution in [1.29, 1.82) is 0 Å². The summed E-state index contributed by atoms with van der Waals surface area (Å²) in [6.45, 7) is 5.25. The standard InChI is InChI=1S/C17H27N5O/c1-12-10-22(14-7-8-14)11-15(12)21-17(18-2)19-9-13-5-4-6-16(20-13)23-3/h4-6,12,14-15H,7-11H2,1-3H3,(H2,18,19,21). The molecule has 1 aliphatic carbocycles. The zero-order valence-electron chi connectivity index (χ0n) is 14.2. The lowest BCUT2D eigenvalue weighted by Crippen LogP contribution is -2.46. The van der Waals surface area contributed by atoms with E-state index in [1.54, 1.807) is 7.11 Å². The number of methoxy groups -OCH3 is 1. The van der Waals surface area contributed by atoms with Crippen LogP contribution in [0.2, 0.25) is 0 Å². The maximum Gasteiger partial charge on any atom is 0.213 e. The third-order valence-corrected chi connectivity index (χ3v) is 4.68. The van der Waals surface area contributed by atoms with Gasteiger partial charge < -0.3 is 15.4 Å². The van der Waals surface area contributed by atoms with Crippen LogP contribution in [0.15, 0.2) is 23.2 Å². The van der Waals surface area contributed by atoms with Crippen LogP contribution in [-0.2, 0) is 6.54 Å². The molecular formula is C17H27N5O. The largest absolute Gasteiger partial charge is 0.481 e. The van der Waals surface area contributed by atoms with E-state index in [9.17, 15) is 0 Å². The third-order valence-electron chi connectivity index (χ3n) is 4.68. The molecule has 126 valence electrons. The minimum atomic E-state index is 0.458. The molecule has 2 atom stereocenters. The lowest BCUT2D eigenvalue weighted by atomic mass is 10.1. The number of pyridine rings is 1. The summed E-state index contributed by atoms with van der Waals surface area (Å²) in [7, 11) is 3.44. The first kappa shape index (κ1) is 16.1. The molecule has 6 heteroatoms. The number of likely N-dealkylation sites (tertiary alicyclic amines) is 1. The molecule has 0 aromatic carbocycles. The molecule has 2 heterocycles. The third kappa shape index (κ3) is 4.13. The normalized spacial score (nSPS) is 25.4. The zero-order chi connectivity index (χ0) is 16.2. The molecule has 1 aromatic heterocycles. The van der Waals surface area contributed by atoms with E-state index in [4.69, 9.17) is 4.74 Å². The molecule has 0 radical (unpaired) electrons. The Bertz CT molecular complexity index is 558. The molecule has 1 aliphatic heterocycles. The van der Waals surface area contributed by atoms with Crippen LogP contribution in [0.5, 0.6) is 5.88 Å². The molecule has 0 bridgehead atoms. The van der Waals surface area contributed by atoms with Crippen LogP contribution in [0.1, 0.15) is 25.5 Å². The molecular weight excluding hydrogens is 290 g/mol. The van der Waals surface area contributed by atoms with Crippen molar-refractivity contribution < 1.29 is 4.74 Å². The van der Waals surface area contributed by atoms with Gasteiger partial charge in [0, 0.05) is 38.3 Å². The van der Waals surface area contributed by atoms with Crippen molar-refractivity contribution >= 4 is 5.96 Å². The molecule has 0 spiro atoms. The minimum Gasteiger partial charge on any atom is -0.481 e. The molecule has 1 aromatic rings. The van der Waals surface area contributed by atoms with Crippen LogP contribution >= 0.6 is 0 Å². The Kier molecular flexibility index (Phi) is 5.00. The summed E-state index contributed by atoms with van der Waals surface area (Å²) < 4.78 is 5.16. The van der Waals surface area contributed by atoms with Crippen molar-refractivity contribution in [2.45, 2.75) is 38.4 Å². The van der Waals surface area contributed by atoms with E-state index in [0.29, 0.717) is 24.4 Å². The van der Waals surface area contributed by atoms with Gasteiger partial charge >= 0.3 is 0 Å². The van der Waals surface area contributed by atoms with Crippen LogP contribution in [0.4, 0.5) is 0 Å². The molecule has 1 saturated heterocycles. The van der Waals surface area contributed by atoms with Gasteiger partial charge in [0.1, 0.15) is 0 Å². The monoisotopic (exact) mass is 317 g/mol. The topological polar surface area (TPSA) is 61.8 Å². The number of nitrogens with one attached hydrogen (secondary N) is 2. The minimum absolute atomic E-state index is 0.458. The van der Waals surface area contributed by atoms with Crippen molar-refractivity contribution in [3.05, 3.63) is 23.9 Å². The van der Waals surface area contributed by atoms with Gasteiger partial charge in [0.2, 0.25) is 5.88 Å². The van der Waals surface area contributed by atoms with E-state index in [1.807, 2.05) is 25.2 Å². The highest BCUT2D eigenvalue weighted by molar-refractivity contribution is 5.80. The molecule has 0 amide bonds. The first-order valence-electron chi connectivity index (χ1n) is 8.40. The van der Waals surface area contributed by atoms with Crippen LogP contribution in [0.3, 0.4) is 0 Å². The quantitative estimate of drug-likeness (QED) is 0.632.